The van der Waals surface area contributed by atoms with Gasteiger partial charge in [0.05, 0.1) is 6.61 Å². The van der Waals surface area contributed by atoms with Crippen molar-refractivity contribution >= 4 is 12.0 Å². The van der Waals surface area contributed by atoms with E-state index in [1.807, 2.05) is 37.3 Å². The van der Waals surface area contributed by atoms with Gasteiger partial charge in [0.2, 0.25) is 0 Å². The van der Waals surface area contributed by atoms with Crippen LogP contribution in [-0.2, 0) is 4.79 Å². The highest BCUT2D eigenvalue weighted by Gasteiger charge is 2.08. The second-order valence-electron chi connectivity index (χ2n) is 3.64. The molecule has 4 nitrogen and oxygen atoms in total. The summed E-state index contributed by atoms with van der Waals surface area (Å²) in [4.78, 5) is 11.4. The number of nitrogens with one attached hydrogen (secondary N) is 1. The predicted molar refractivity (Wildman–Crippen MR) is 69.9 cm³/mol. The molecule has 0 saturated heterocycles. The number of likely N-dealkylation sites (N-methyl/N-ethyl adjacent to an activating group) is 1. The summed E-state index contributed by atoms with van der Waals surface area (Å²) in [7, 11) is 1.49. The molecular formula is C14H16N2O2. The van der Waals surface area contributed by atoms with Crippen LogP contribution >= 0.6 is 0 Å². The number of carbonyl (C=O) groups excluding carboxylic acids is 1. The minimum absolute atomic E-state index is 0.0602. The maximum atomic E-state index is 11.4. The molecule has 1 amide bonds. The molecule has 0 fully saturated rings. The van der Waals surface area contributed by atoms with Crippen molar-refractivity contribution in [3.8, 4) is 11.8 Å². The predicted octanol–water partition coefficient (Wildman–Crippen LogP) is 2.13. The summed E-state index contributed by atoms with van der Waals surface area (Å²) in [6.07, 6.45) is 2.43. The Morgan fingerprint density at radius 2 is 2.22 bits per heavy atom. The summed E-state index contributed by atoms with van der Waals surface area (Å²) >= 11 is 0. The first kappa shape index (κ1) is 13.8. The SMILES string of the molecule is CCCOc1ccccc1/C=C(\C#N)C(=O)NC. The van der Waals surface area contributed by atoms with Crippen LogP contribution in [0.2, 0.25) is 0 Å². The number of carbonyl (C=O) groups is 1. The van der Waals surface area contributed by atoms with E-state index in [2.05, 4.69) is 5.32 Å². The lowest BCUT2D eigenvalue weighted by Crippen LogP contribution is -2.19. The summed E-state index contributed by atoms with van der Waals surface area (Å²) in [5.74, 6) is 0.277. The van der Waals surface area contributed by atoms with Crippen molar-refractivity contribution in [2.24, 2.45) is 0 Å². The fourth-order valence-electron chi connectivity index (χ4n) is 1.38. The Balaban J connectivity index is 3.05. The third-order valence-electron chi connectivity index (χ3n) is 2.27. The molecule has 0 radical (unpaired) electrons. The van der Waals surface area contributed by atoms with Crippen molar-refractivity contribution in [3.05, 3.63) is 35.4 Å². The van der Waals surface area contributed by atoms with E-state index in [0.717, 1.165) is 12.0 Å². The number of nitrogens with zero attached hydrogens (tertiary/aromatic N) is 1. The molecule has 1 aromatic carbocycles. The van der Waals surface area contributed by atoms with E-state index >= 15 is 0 Å². The zero-order chi connectivity index (χ0) is 13.4. The molecule has 1 N–H and O–H groups in total. The standard InChI is InChI=1S/C14H16N2O2/c1-3-8-18-13-7-5-4-6-11(13)9-12(10-15)14(17)16-2/h4-7,9H,3,8H2,1-2H3,(H,16,17)/b12-9+. The first-order chi connectivity index (χ1) is 8.72. The minimum Gasteiger partial charge on any atom is -0.493 e. The molecule has 0 atom stereocenters. The van der Waals surface area contributed by atoms with Crippen molar-refractivity contribution in [1.82, 2.24) is 5.32 Å². The third kappa shape index (κ3) is 3.63. The molecule has 0 saturated carbocycles. The number of nitriles is 1. The fourth-order valence-corrected chi connectivity index (χ4v) is 1.38. The molecular weight excluding hydrogens is 228 g/mol. The molecule has 1 aromatic rings. The monoisotopic (exact) mass is 244 g/mol. The van der Waals surface area contributed by atoms with Crippen LogP contribution in [0.15, 0.2) is 29.8 Å². The number of amides is 1. The molecule has 0 spiro atoms. The summed E-state index contributed by atoms with van der Waals surface area (Å²) in [6, 6.07) is 9.20. The average Bonchev–Trinajstić information content (AvgIpc) is 2.42. The van der Waals surface area contributed by atoms with Crippen molar-refractivity contribution in [2.45, 2.75) is 13.3 Å². The van der Waals surface area contributed by atoms with Gasteiger partial charge in [-0.1, -0.05) is 25.1 Å². The summed E-state index contributed by atoms with van der Waals surface area (Å²) in [5, 5.41) is 11.4. The van der Waals surface area contributed by atoms with Gasteiger partial charge in [-0.3, -0.25) is 4.79 Å². The van der Waals surface area contributed by atoms with Crippen LogP contribution in [0.3, 0.4) is 0 Å². The van der Waals surface area contributed by atoms with Gasteiger partial charge >= 0.3 is 0 Å². The van der Waals surface area contributed by atoms with Gasteiger partial charge in [0, 0.05) is 12.6 Å². The number of hydrogen-bond donors (Lipinski definition) is 1. The van der Waals surface area contributed by atoms with Crippen LogP contribution in [0.1, 0.15) is 18.9 Å². The largest absolute Gasteiger partial charge is 0.493 e. The van der Waals surface area contributed by atoms with Crippen LogP contribution in [0.25, 0.3) is 6.08 Å². The van der Waals surface area contributed by atoms with Crippen molar-refractivity contribution in [1.29, 1.82) is 5.26 Å². The maximum Gasteiger partial charge on any atom is 0.261 e. The van der Waals surface area contributed by atoms with Crippen LogP contribution in [0, 0.1) is 11.3 Å². The zero-order valence-electron chi connectivity index (χ0n) is 10.6. The molecule has 0 unspecified atom stereocenters. The van der Waals surface area contributed by atoms with E-state index in [4.69, 9.17) is 10.00 Å². The summed E-state index contributed by atoms with van der Waals surface area (Å²) in [6.45, 7) is 2.62. The van der Waals surface area contributed by atoms with Gasteiger partial charge in [0.25, 0.3) is 5.91 Å². The summed E-state index contributed by atoms with van der Waals surface area (Å²) < 4.78 is 5.56. The average molecular weight is 244 g/mol. The molecule has 0 aliphatic heterocycles. The van der Waals surface area contributed by atoms with Gasteiger partial charge in [-0.05, 0) is 18.6 Å². The second-order valence-corrected chi connectivity index (χ2v) is 3.64. The van der Waals surface area contributed by atoms with E-state index in [1.165, 1.54) is 13.1 Å². The number of para-hydroxylation sites is 1. The second kappa shape index (κ2) is 7.13. The number of hydrogen-bond acceptors (Lipinski definition) is 3. The smallest absolute Gasteiger partial charge is 0.261 e. The van der Waals surface area contributed by atoms with Gasteiger partial charge in [-0.2, -0.15) is 5.26 Å². The highest BCUT2D eigenvalue weighted by Crippen LogP contribution is 2.21. The third-order valence-corrected chi connectivity index (χ3v) is 2.27. The Morgan fingerprint density at radius 1 is 1.50 bits per heavy atom. The van der Waals surface area contributed by atoms with E-state index in [9.17, 15) is 4.79 Å². The van der Waals surface area contributed by atoms with E-state index in [-0.39, 0.29) is 5.57 Å². The first-order valence-electron chi connectivity index (χ1n) is 5.78. The highest BCUT2D eigenvalue weighted by molar-refractivity contribution is 6.01. The first-order valence-corrected chi connectivity index (χ1v) is 5.78. The van der Waals surface area contributed by atoms with Gasteiger partial charge in [0.1, 0.15) is 17.4 Å². The molecule has 0 aliphatic carbocycles. The van der Waals surface area contributed by atoms with Gasteiger partial charge in [-0.15, -0.1) is 0 Å². The van der Waals surface area contributed by atoms with Crippen molar-refractivity contribution in [2.75, 3.05) is 13.7 Å². The van der Waals surface area contributed by atoms with Gasteiger partial charge in [-0.25, -0.2) is 0 Å². The number of rotatable bonds is 5. The van der Waals surface area contributed by atoms with Crippen LogP contribution in [0.5, 0.6) is 5.75 Å². The van der Waals surface area contributed by atoms with Crippen LogP contribution < -0.4 is 10.1 Å². The lowest BCUT2D eigenvalue weighted by molar-refractivity contribution is -0.116. The molecule has 1 rings (SSSR count). The Kier molecular flexibility index (Phi) is 5.46. The van der Waals surface area contributed by atoms with Gasteiger partial charge in [0.15, 0.2) is 0 Å². The van der Waals surface area contributed by atoms with E-state index in [1.54, 1.807) is 0 Å². The normalized spacial score (nSPS) is 10.6. The molecule has 18 heavy (non-hydrogen) atoms. The number of benzene rings is 1. The molecule has 0 aromatic heterocycles. The van der Waals surface area contributed by atoms with E-state index < -0.39 is 5.91 Å². The Bertz CT molecular complexity index is 487. The zero-order valence-corrected chi connectivity index (χ0v) is 10.6. The Hall–Kier alpha value is -2.28. The van der Waals surface area contributed by atoms with Crippen molar-refractivity contribution in [3.63, 3.8) is 0 Å². The lowest BCUT2D eigenvalue weighted by atomic mass is 10.1. The topological polar surface area (TPSA) is 62.1 Å². The van der Waals surface area contributed by atoms with Crippen LogP contribution in [-0.4, -0.2) is 19.6 Å². The maximum absolute atomic E-state index is 11.4. The fraction of sp³-hybridized carbons (Fsp3) is 0.286. The molecule has 0 aliphatic rings. The summed E-state index contributed by atoms with van der Waals surface area (Å²) in [5.41, 5.74) is 0.788. The molecule has 0 heterocycles. The quantitative estimate of drug-likeness (QED) is 0.637. The molecule has 94 valence electrons. The lowest BCUT2D eigenvalue weighted by Gasteiger charge is -2.08. The van der Waals surface area contributed by atoms with Gasteiger partial charge < -0.3 is 10.1 Å². The molecule has 4 heteroatoms. The van der Waals surface area contributed by atoms with Crippen LogP contribution in [0.4, 0.5) is 0 Å². The van der Waals surface area contributed by atoms with E-state index in [0.29, 0.717) is 12.4 Å². The Labute approximate surface area is 107 Å². The Morgan fingerprint density at radius 3 is 2.83 bits per heavy atom. The minimum atomic E-state index is -0.400. The van der Waals surface area contributed by atoms with Crippen molar-refractivity contribution < 1.29 is 9.53 Å². The highest BCUT2D eigenvalue weighted by atomic mass is 16.5. The number of ether oxygens (including phenoxy) is 1. The molecule has 0 bridgehead atoms.